The molecule has 0 aliphatic rings. The molecule has 1 nitrogen and oxygen atoms in total. The highest BCUT2D eigenvalue weighted by atomic mass is 35.5. The molecule has 0 spiro atoms. The van der Waals surface area contributed by atoms with Gasteiger partial charge in [0.05, 0.1) is 5.02 Å². The number of carbonyl (C=O) groups is 1. The zero-order chi connectivity index (χ0) is 10.7. The van der Waals surface area contributed by atoms with Crippen molar-refractivity contribution in [2.75, 3.05) is 0 Å². The number of ketones is 1. The van der Waals surface area contributed by atoms with E-state index in [1.807, 2.05) is 13.8 Å². The summed E-state index contributed by atoms with van der Waals surface area (Å²) in [6, 6.07) is 4.95. The lowest BCUT2D eigenvalue weighted by Crippen LogP contribution is -2.03. The number of benzene rings is 1. The van der Waals surface area contributed by atoms with Crippen LogP contribution in [0.1, 0.15) is 30.6 Å². The second kappa shape index (κ2) is 4.81. The maximum absolute atomic E-state index is 11.7. The summed E-state index contributed by atoms with van der Waals surface area (Å²) in [5.41, 5.74) is 0.560. The van der Waals surface area contributed by atoms with Gasteiger partial charge in [-0.15, -0.1) is 0 Å². The summed E-state index contributed by atoms with van der Waals surface area (Å²) in [5.74, 6) is 0.413. The standard InChI is InChI=1S/C11H12Cl2O/c1-7(2)5-11(14)9-4-3-8(12)6-10(9)13/h3-4,6-7H,5H2,1-2H3. The fourth-order valence-electron chi connectivity index (χ4n) is 1.20. The van der Waals surface area contributed by atoms with Gasteiger partial charge in [0.25, 0.3) is 0 Å². The van der Waals surface area contributed by atoms with Crippen LogP contribution in [0, 0.1) is 5.92 Å². The molecule has 0 amide bonds. The van der Waals surface area contributed by atoms with E-state index in [2.05, 4.69) is 0 Å². The molecule has 1 rings (SSSR count). The predicted molar refractivity (Wildman–Crippen MR) is 60.2 cm³/mol. The third-order valence-electron chi connectivity index (χ3n) is 1.83. The molecule has 0 N–H and O–H groups in total. The summed E-state index contributed by atoms with van der Waals surface area (Å²) >= 11 is 11.6. The molecule has 0 saturated carbocycles. The normalized spacial score (nSPS) is 10.6. The molecule has 0 bridgehead atoms. The van der Waals surface area contributed by atoms with Crippen LogP contribution in [-0.2, 0) is 0 Å². The minimum absolute atomic E-state index is 0.0710. The second-order valence-corrected chi connectivity index (χ2v) is 4.49. The SMILES string of the molecule is CC(C)CC(=O)c1ccc(Cl)cc1Cl. The number of carbonyl (C=O) groups excluding carboxylic acids is 1. The Hall–Kier alpha value is -0.530. The Morgan fingerprint density at radius 2 is 2.00 bits per heavy atom. The third kappa shape index (κ3) is 3.00. The van der Waals surface area contributed by atoms with Crippen LogP contribution >= 0.6 is 23.2 Å². The molecule has 0 fully saturated rings. The minimum atomic E-state index is 0.0710. The number of hydrogen-bond acceptors (Lipinski definition) is 1. The summed E-state index contributed by atoms with van der Waals surface area (Å²) in [6.45, 7) is 4.00. The second-order valence-electron chi connectivity index (χ2n) is 3.65. The van der Waals surface area contributed by atoms with Crippen molar-refractivity contribution in [1.82, 2.24) is 0 Å². The van der Waals surface area contributed by atoms with E-state index in [1.54, 1.807) is 18.2 Å². The van der Waals surface area contributed by atoms with Gasteiger partial charge in [0.15, 0.2) is 5.78 Å². The van der Waals surface area contributed by atoms with E-state index in [-0.39, 0.29) is 5.78 Å². The van der Waals surface area contributed by atoms with Crippen molar-refractivity contribution in [1.29, 1.82) is 0 Å². The number of Topliss-reactive ketones (excluding diaryl/α,β-unsaturated/α-hetero) is 1. The summed E-state index contributed by atoms with van der Waals surface area (Å²) in [7, 11) is 0. The van der Waals surface area contributed by atoms with E-state index in [9.17, 15) is 4.79 Å². The molecule has 0 saturated heterocycles. The van der Waals surface area contributed by atoms with Crippen LogP contribution in [0.4, 0.5) is 0 Å². The molecule has 0 radical (unpaired) electrons. The number of rotatable bonds is 3. The van der Waals surface area contributed by atoms with E-state index >= 15 is 0 Å². The van der Waals surface area contributed by atoms with E-state index in [0.717, 1.165) is 0 Å². The molecule has 0 heterocycles. The lowest BCUT2D eigenvalue weighted by atomic mass is 10.0. The lowest BCUT2D eigenvalue weighted by molar-refractivity contribution is 0.0968. The first-order valence-electron chi connectivity index (χ1n) is 4.49. The Balaban J connectivity index is 2.90. The molecule has 76 valence electrons. The van der Waals surface area contributed by atoms with Crippen LogP contribution in [0.15, 0.2) is 18.2 Å². The van der Waals surface area contributed by atoms with E-state index in [4.69, 9.17) is 23.2 Å². The van der Waals surface area contributed by atoms with E-state index in [1.165, 1.54) is 0 Å². The van der Waals surface area contributed by atoms with Crippen molar-refractivity contribution in [2.24, 2.45) is 5.92 Å². The zero-order valence-corrected chi connectivity index (χ0v) is 9.69. The van der Waals surface area contributed by atoms with Crippen molar-refractivity contribution in [3.63, 3.8) is 0 Å². The van der Waals surface area contributed by atoms with Crippen molar-refractivity contribution >= 4 is 29.0 Å². The average molecular weight is 231 g/mol. The van der Waals surface area contributed by atoms with Crippen LogP contribution in [0.5, 0.6) is 0 Å². The van der Waals surface area contributed by atoms with Gasteiger partial charge in [-0.05, 0) is 24.1 Å². The average Bonchev–Trinajstić information content (AvgIpc) is 2.01. The highest BCUT2D eigenvalue weighted by molar-refractivity contribution is 6.36. The molecule has 3 heteroatoms. The maximum Gasteiger partial charge on any atom is 0.164 e. The van der Waals surface area contributed by atoms with E-state index < -0.39 is 0 Å². The van der Waals surface area contributed by atoms with Crippen molar-refractivity contribution in [2.45, 2.75) is 20.3 Å². The fraction of sp³-hybridized carbons (Fsp3) is 0.364. The molecular weight excluding hydrogens is 219 g/mol. The summed E-state index contributed by atoms with van der Waals surface area (Å²) in [4.78, 5) is 11.7. The van der Waals surface area contributed by atoms with Gasteiger partial charge < -0.3 is 0 Å². The topological polar surface area (TPSA) is 17.1 Å². The molecule has 0 aliphatic carbocycles. The smallest absolute Gasteiger partial charge is 0.164 e. The fourth-order valence-corrected chi connectivity index (χ4v) is 1.71. The van der Waals surface area contributed by atoms with Crippen LogP contribution in [-0.4, -0.2) is 5.78 Å². The van der Waals surface area contributed by atoms with Gasteiger partial charge in [-0.25, -0.2) is 0 Å². The highest BCUT2D eigenvalue weighted by Gasteiger charge is 2.11. The van der Waals surface area contributed by atoms with Gasteiger partial charge in [0.2, 0.25) is 0 Å². The third-order valence-corrected chi connectivity index (χ3v) is 2.37. The first-order valence-corrected chi connectivity index (χ1v) is 5.24. The Kier molecular flexibility index (Phi) is 3.97. The van der Waals surface area contributed by atoms with Crippen LogP contribution in [0.2, 0.25) is 10.0 Å². The summed E-state index contributed by atoms with van der Waals surface area (Å²) in [5, 5.41) is 0.985. The van der Waals surface area contributed by atoms with Crippen LogP contribution in [0.3, 0.4) is 0 Å². The molecular formula is C11H12Cl2O. The zero-order valence-electron chi connectivity index (χ0n) is 8.18. The van der Waals surface area contributed by atoms with Gasteiger partial charge in [0, 0.05) is 17.0 Å². The van der Waals surface area contributed by atoms with Gasteiger partial charge in [0.1, 0.15) is 0 Å². The van der Waals surface area contributed by atoms with Gasteiger partial charge >= 0.3 is 0 Å². The Morgan fingerprint density at radius 1 is 1.36 bits per heavy atom. The largest absolute Gasteiger partial charge is 0.294 e. The molecule has 0 aromatic heterocycles. The monoisotopic (exact) mass is 230 g/mol. The first-order chi connectivity index (χ1) is 6.50. The summed E-state index contributed by atoms with van der Waals surface area (Å²) in [6.07, 6.45) is 0.515. The molecule has 1 aromatic carbocycles. The number of halogens is 2. The molecule has 14 heavy (non-hydrogen) atoms. The summed E-state index contributed by atoms with van der Waals surface area (Å²) < 4.78 is 0. The van der Waals surface area contributed by atoms with Gasteiger partial charge in [-0.1, -0.05) is 37.0 Å². The maximum atomic E-state index is 11.7. The van der Waals surface area contributed by atoms with E-state index in [0.29, 0.717) is 27.9 Å². The number of hydrogen-bond donors (Lipinski definition) is 0. The van der Waals surface area contributed by atoms with Crippen LogP contribution in [0.25, 0.3) is 0 Å². The molecule has 0 aliphatic heterocycles. The van der Waals surface area contributed by atoms with Crippen molar-refractivity contribution in [3.8, 4) is 0 Å². The minimum Gasteiger partial charge on any atom is -0.294 e. The van der Waals surface area contributed by atoms with Crippen LogP contribution < -0.4 is 0 Å². The lowest BCUT2D eigenvalue weighted by Gasteiger charge is -2.05. The highest BCUT2D eigenvalue weighted by Crippen LogP contribution is 2.23. The predicted octanol–water partition coefficient (Wildman–Crippen LogP) is 4.22. The Bertz CT molecular complexity index is 345. The molecule has 0 unspecified atom stereocenters. The Labute approximate surface area is 94.0 Å². The molecule has 1 aromatic rings. The van der Waals surface area contributed by atoms with Gasteiger partial charge in [-0.3, -0.25) is 4.79 Å². The quantitative estimate of drug-likeness (QED) is 0.711. The first kappa shape index (κ1) is 11.5. The molecule has 0 atom stereocenters. The Morgan fingerprint density at radius 3 is 2.50 bits per heavy atom. The van der Waals surface area contributed by atoms with Crippen molar-refractivity contribution in [3.05, 3.63) is 33.8 Å². The van der Waals surface area contributed by atoms with Crippen molar-refractivity contribution < 1.29 is 4.79 Å². The van der Waals surface area contributed by atoms with Gasteiger partial charge in [-0.2, -0.15) is 0 Å².